The van der Waals surface area contributed by atoms with Gasteiger partial charge >= 0.3 is 5.69 Å². The van der Waals surface area contributed by atoms with Crippen LogP contribution in [-0.2, 0) is 13.6 Å². The van der Waals surface area contributed by atoms with Crippen molar-refractivity contribution in [1.82, 2.24) is 23.1 Å². The summed E-state index contributed by atoms with van der Waals surface area (Å²) in [6, 6.07) is 10.3. The molecule has 0 amide bonds. The van der Waals surface area contributed by atoms with Crippen LogP contribution < -0.4 is 11.2 Å². The van der Waals surface area contributed by atoms with Gasteiger partial charge in [0.05, 0.1) is 6.04 Å². The number of rotatable bonds is 6. The first kappa shape index (κ1) is 20.2. The van der Waals surface area contributed by atoms with E-state index in [9.17, 15) is 9.59 Å². The maximum atomic E-state index is 13.4. The molecule has 0 saturated heterocycles. The minimum absolute atomic E-state index is 0.0445. The minimum Gasteiger partial charge on any atom is -0.307 e. The summed E-state index contributed by atoms with van der Waals surface area (Å²) >= 11 is 0. The van der Waals surface area contributed by atoms with E-state index < -0.39 is 0 Å². The largest absolute Gasteiger partial charge is 0.332 e. The van der Waals surface area contributed by atoms with Crippen LogP contribution in [0.25, 0.3) is 16.9 Å². The molecule has 1 atom stereocenters. The second-order valence-corrected chi connectivity index (χ2v) is 8.05. The Labute approximate surface area is 175 Å². The third-order valence-corrected chi connectivity index (χ3v) is 6.21. The van der Waals surface area contributed by atoms with Gasteiger partial charge in [0.1, 0.15) is 0 Å². The average molecular weight is 408 g/mol. The van der Waals surface area contributed by atoms with Gasteiger partial charge in [-0.2, -0.15) is 4.98 Å². The number of imidazole rings is 2. The minimum atomic E-state index is -0.304. The summed E-state index contributed by atoms with van der Waals surface area (Å²) in [5, 5.41) is 0. The molecule has 0 unspecified atom stereocenters. The van der Waals surface area contributed by atoms with Crippen LogP contribution in [0.3, 0.4) is 0 Å². The topological polar surface area (TPSA) is 66.2 Å². The molecule has 1 aromatic carbocycles. The van der Waals surface area contributed by atoms with Crippen LogP contribution in [0.4, 0.5) is 0 Å². The Kier molecular flexibility index (Phi) is 5.13. The van der Waals surface area contributed by atoms with Gasteiger partial charge in [-0.25, -0.2) is 4.79 Å². The predicted molar refractivity (Wildman–Crippen MR) is 119 cm³/mol. The molecule has 30 heavy (non-hydrogen) atoms. The third kappa shape index (κ3) is 2.91. The lowest BCUT2D eigenvalue weighted by Gasteiger charge is -2.16. The Balaban J connectivity index is 2.02. The molecule has 0 saturated carbocycles. The van der Waals surface area contributed by atoms with Gasteiger partial charge in [0.2, 0.25) is 5.78 Å². The lowest BCUT2D eigenvalue weighted by atomic mass is 10.1. The standard InChI is InChI=1S/C23H29N5O2/c1-6-7-11-14-26-21(29)19-20(25(5)23(26)30)24-22-27(15(2)16(3)28(19)22)17(4)18-12-9-8-10-13-18/h8-10,12-13,17H,6-7,11,14H2,1-5H3/t17-/m1/s1. The van der Waals surface area contributed by atoms with Crippen LogP contribution >= 0.6 is 0 Å². The van der Waals surface area contributed by atoms with E-state index in [1.54, 1.807) is 7.05 Å². The third-order valence-electron chi connectivity index (χ3n) is 6.21. The Hall–Kier alpha value is -3.09. The molecular weight excluding hydrogens is 378 g/mol. The summed E-state index contributed by atoms with van der Waals surface area (Å²) in [7, 11) is 1.69. The molecule has 158 valence electrons. The number of hydrogen-bond acceptors (Lipinski definition) is 3. The molecule has 3 aromatic heterocycles. The van der Waals surface area contributed by atoms with Gasteiger partial charge in [-0.1, -0.05) is 50.1 Å². The zero-order valence-corrected chi connectivity index (χ0v) is 18.3. The SMILES string of the molecule is CCCCCn1c(=O)c2c(nc3n([C@H](C)c4ccccc4)c(C)c(C)n23)n(C)c1=O. The van der Waals surface area contributed by atoms with Crippen molar-refractivity contribution in [3.8, 4) is 0 Å². The van der Waals surface area contributed by atoms with Gasteiger partial charge in [0.25, 0.3) is 5.56 Å². The monoisotopic (exact) mass is 407 g/mol. The zero-order chi connectivity index (χ0) is 21.6. The van der Waals surface area contributed by atoms with Crippen molar-refractivity contribution in [3.63, 3.8) is 0 Å². The van der Waals surface area contributed by atoms with E-state index in [1.165, 1.54) is 9.13 Å². The molecule has 4 aromatic rings. The Morgan fingerprint density at radius 3 is 2.40 bits per heavy atom. The number of nitrogens with zero attached hydrogens (tertiary/aromatic N) is 5. The molecule has 0 aliphatic rings. The molecule has 0 aliphatic heterocycles. The van der Waals surface area contributed by atoms with Gasteiger partial charge < -0.3 is 4.57 Å². The first-order valence-corrected chi connectivity index (χ1v) is 10.6. The zero-order valence-electron chi connectivity index (χ0n) is 18.3. The highest BCUT2D eigenvalue weighted by molar-refractivity contribution is 5.76. The number of unbranched alkanes of at least 4 members (excludes halogenated alkanes) is 2. The van der Waals surface area contributed by atoms with Gasteiger partial charge in [0.15, 0.2) is 11.2 Å². The molecule has 3 heterocycles. The second-order valence-electron chi connectivity index (χ2n) is 8.05. The Bertz CT molecular complexity index is 1340. The Morgan fingerprint density at radius 1 is 1.03 bits per heavy atom. The lowest BCUT2D eigenvalue weighted by Crippen LogP contribution is -2.39. The summed E-state index contributed by atoms with van der Waals surface area (Å²) in [4.78, 5) is 31.0. The molecule has 4 rings (SSSR count). The predicted octanol–water partition coefficient (Wildman–Crippen LogP) is 3.57. The normalized spacial score (nSPS) is 12.8. The second kappa shape index (κ2) is 7.63. The van der Waals surface area contributed by atoms with E-state index in [0.717, 1.165) is 36.2 Å². The summed E-state index contributed by atoms with van der Waals surface area (Å²) in [6.07, 6.45) is 2.83. The fourth-order valence-electron chi connectivity index (χ4n) is 4.34. The average Bonchev–Trinajstić information content (AvgIpc) is 3.25. The fraction of sp³-hybridized carbons (Fsp3) is 0.435. The maximum Gasteiger partial charge on any atom is 0.332 e. The molecule has 0 spiro atoms. The summed E-state index contributed by atoms with van der Waals surface area (Å²) in [5.41, 5.74) is 3.53. The van der Waals surface area contributed by atoms with Crippen LogP contribution in [0.2, 0.25) is 0 Å². The van der Waals surface area contributed by atoms with Gasteiger partial charge in [-0.05, 0) is 32.8 Å². The fourth-order valence-corrected chi connectivity index (χ4v) is 4.34. The first-order chi connectivity index (χ1) is 14.4. The van der Waals surface area contributed by atoms with Crippen molar-refractivity contribution in [2.45, 2.75) is 59.5 Å². The summed E-state index contributed by atoms with van der Waals surface area (Å²) in [6.45, 7) is 8.72. The van der Waals surface area contributed by atoms with Gasteiger partial charge in [0, 0.05) is 25.0 Å². The molecule has 0 N–H and O–H groups in total. The summed E-state index contributed by atoms with van der Waals surface area (Å²) in [5.74, 6) is 0.690. The number of hydrogen-bond donors (Lipinski definition) is 0. The lowest BCUT2D eigenvalue weighted by molar-refractivity contribution is 0.550. The van der Waals surface area contributed by atoms with E-state index in [0.29, 0.717) is 23.5 Å². The quantitative estimate of drug-likeness (QED) is 0.459. The summed E-state index contributed by atoms with van der Waals surface area (Å²) < 4.78 is 6.93. The number of aromatic nitrogens is 5. The molecule has 7 heteroatoms. The van der Waals surface area contributed by atoms with Crippen molar-refractivity contribution in [2.75, 3.05) is 0 Å². The molecule has 0 aliphatic carbocycles. The highest BCUT2D eigenvalue weighted by atomic mass is 16.2. The van der Waals surface area contributed by atoms with Gasteiger partial charge in [-0.15, -0.1) is 0 Å². The molecule has 0 bridgehead atoms. The van der Waals surface area contributed by atoms with Gasteiger partial charge in [-0.3, -0.25) is 18.3 Å². The van der Waals surface area contributed by atoms with Crippen molar-refractivity contribution in [2.24, 2.45) is 7.05 Å². The number of fused-ring (bicyclic) bond motifs is 3. The van der Waals surface area contributed by atoms with Crippen molar-refractivity contribution >= 4 is 16.9 Å². The smallest absolute Gasteiger partial charge is 0.307 e. The molecule has 0 fully saturated rings. The van der Waals surface area contributed by atoms with E-state index in [-0.39, 0.29) is 17.3 Å². The van der Waals surface area contributed by atoms with Crippen molar-refractivity contribution in [1.29, 1.82) is 0 Å². The van der Waals surface area contributed by atoms with E-state index >= 15 is 0 Å². The van der Waals surface area contributed by atoms with Crippen LogP contribution in [-0.4, -0.2) is 23.1 Å². The van der Waals surface area contributed by atoms with Crippen LogP contribution in [0.5, 0.6) is 0 Å². The van der Waals surface area contributed by atoms with Crippen LogP contribution in [0.15, 0.2) is 39.9 Å². The van der Waals surface area contributed by atoms with Crippen molar-refractivity contribution in [3.05, 3.63) is 68.1 Å². The highest BCUT2D eigenvalue weighted by Gasteiger charge is 2.24. The Morgan fingerprint density at radius 2 is 1.73 bits per heavy atom. The molecule has 7 nitrogen and oxygen atoms in total. The highest BCUT2D eigenvalue weighted by Crippen LogP contribution is 2.27. The van der Waals surface area contributed by atoms with Crippen molar-refractivity contribution < 1.29 is 0 Å². The molecule has 0 radical (unpaired) electrons. The number of benzene rings is 1. The van der Waals surface area contributed by atoms with Crippen LogP contribution in [0, 0.1) is 13.8 Å². The van der Waals surface area contributed by atoms with Crippen LogP contribution in [0.1, 0.15) is 56.1 Å². The number of aryl methyl sites for hydroxylation is 2. The first-order valence-electron chi connectivity index (χ1n) is 10.6. The van der Waals surface area contributed by atoms with E-state index in [1.807, 2.05) is 29.5 Å². The van der Waals surface area contributed by atoms with E-state index in [2.05, 4.69) is 37.5 Å². The maximum absolute atomic E-state index is 13.4. The van der Waals surface area contributed by atoms with E-state index in [4.69, 9.17) is 4.98 Å². The molecular formula is C23H29N5O2.